The number of nitrogens with zero attached hydrogens (tertiary/aromatic N) is 2. The van der Waals surface area contributed by atoms with E-state index in [1.54, 1.807) is 6.20 Å². The standard InChI is InChI=1S/C16H12N2/c1-12(15-7-4-5-10-17-15)13-9-11-18-16-8-3-2-6-14(13)16/h2-11H,1H2. The Kier molecular flexibility index (Phi) is 2.61. The number of hydrogen-bond acceptors (Lipinski definition) is 2. The zero-order chi connectivity index (χ0) is 12.4. The summed E-state index contributed by atoms with van der Waals surface area (Å²) in [5.74, 6) is 0. The van der Waals surface area contributed by atoms with Gasteiger partial charge in [0.05, 0.1) is 11.2 Å². The Labute approximate surface area is 106 Å². The van der Waals surface area contributed by atoms with Crippen molar-refractivity contribution in [2.75, 3.05) is 0 Å². The minimum atomic E-state index is 0.897. The van der Waals surface area contributed by atoms with Crippen LogP contribution in [-0.4, -0.2) is 9.97 Å². The number of aromatic nitrogens is 2. The lowest BCUT2D eigenvalue weighted by atomic mass is 10.00. The second-order valence-corrected chi connectivity index (χ2v) is 4.07. The molecule has 2 nitrogen and oxygen atoms in total. The lowest BCUT2D eigenvalue weighted by Crippen LogP contribution is -1.91. The van der Waals surface area contributed by atoms with Gasteiger partial charge in [0.15, 0.2) is 0 Å². The van der Waals surface area contributed by atoms with Gasteiger partial charge in [0, 0.05) is 23.4 Å². The molecule has 3 rings (SSSR count). The fourth-order valence-electron chi connectivity index (χ4n) is 2.04. The molecule has 2 aromatic heterocycles. The van der Waals surface area contributed by atoms with E-state index in [0.29, 0.717) is 0 Å². The summed E-state index contributed by atoms with van der Waals surface area (Å²) < 4.78 is 0. The summed E-state index contributed by atoms with van der Waals surface area (Å²) in [4.78, 5) is 8.70. The maximum absolute atomic E-state index is 4.36. The molecule has 2 heteroatoms. The van der Waals surface area contributed by atoms with Crippen molar-refractivity contribution in [3.63, 3.8) is 0 Å². The number of rotatable bonds is 2. The Hall–Kier alpha value is -2.48. The average molecular weight is 232 g/mol. The molecule has 0 aliphatic rings. The molecule has 0 aliphatic carbocycles. The van der Waals surface area contributed by atoms with Crippen molar-refractivity contribution in [1.29, 1.82) is 0 Å². The summed E-state index contributed by atoms with van der Waals surface area (Å²) >= 11 is 0. The molecule has 18 heavy (non-hydrogen) atoms. The molecule has 0 bridgehead atoms. The molecule has 3 aromatic rings. The van der Waals surface area contributed by atoms with E-state index in [4.69, 9.17) is 0 Å². The largest absolute Gasteiger partial charge is 0.256 e. The Balaban J connectivity index is 2.18. The van der Waals surface area contributed by atoms with E-state index < -0.39 is 0 Å². The molecule has 1 aromatic carbocycles. The van der Waals surface area contributed by atoms with Gasteiger partial charge >= 0.3 is 0 Å². The molecular formula is C16H12N2. The van der Waals surface area contributed by atoms with Crippen LogP contribution in [0.25, 0.3) is 16.5 Å². The summed E-state index contributed by atoms with van der Waals surface area (Å²) in [5, 5.41) is 1.11. The van der Waals surface area contributed by atoms with Crippen LogP contribution in [0.4, 0.5) is 0 Å². The average Bonchev–Trinajstić information content (AvgIpc) is 2.47. The van der Waals surface area contributed by atoms with Gasteiger partial charge in [-0.2, -0.15) is 0 Å². The predicted octanol–water partition coefficient (Wildman–Crippen LogP) is 3.69. The van der Waals surface area contributed by atoms with Gasteiger partial charge in [-0.25, -0.2) is 0 Å². The van der Waals surface area contributed by atoms with Crippen LogP contribution in [0.15, 0.2) is 67.5 Å². The minimum absolute atomic E-state index is 0.897. The van der Waals surface area contributed by atoms with Crippen LogP contribution in [0, 0.1) is 0 Å². The Morgan fingerprint density at radius 3 is 2.50 bits per heavy atom. The first-order valence-electron chi connectivity index (χ1n) is 5.81. The van der Waals surface area contributed by atoms with Gasteiger partial charge in [-0.05, 0) is 29.8 Å². The molecule has 0 saturated carbocycles. The zero-order valence-electron chi connectivity index (χ0n) is 9.88. The van der Waals surface area contributed by atoms with E-state index in [9.17, 15) is 0 Å². The van der Waals surface area contributed by atoms with E-state index >= 15 is 0 Å². The molecule has 0 amide bonds. The first-order chi connectivity index (χ1) is 8.86. The summed E-state index contributed by atoms with van der Waals surface area (Å²) in [6.45, 7) is 4.16. The van der Waals surface area contributed by atoms with Crippen molar-refractivity contribution in [2.24, 2.45) is 0 Å². The van der Waals surface area contributed by atoms with Gasteiger partial charge in [-0.1, -0.05) is 30.8 Å². The third-order valence-electron chi connectivity index (χ3n) is 2.95. The van der Waals surface area contributed by atoms with E-state index in [1.807, 2.05) is 48.7 Å². The summed E-state index contributed by atoms with van der Waals surface area (Å²) in [6.07, 6.45) is 3.59. The number of fused-ring (bicyclic) bond motifs is 1. The molecule has 0 radical (unpaired) electrons. The van der Waals surface area contributed by atoms with Crippen LogP contribution >= 0.6 is 0 Å². The van der Waals surface area contributed by atoms with Crippen molar-refractivity contribution in [2.45, 2.75) is 0 Å². The lowest BCUT2D eigenvalue weighted by molar-refractivity contribution is 1.27. The number of hydrogen-bond donors (Lipinski definition) is 0. The number of pyridine rings is 2. The first-order valence-corrected chi connectivity index (χ1v) is 5.81. The van der Waals surface area contributed by atoms with E-state index in [1.165, 1.54) is 0 Å². The maximum Gasteiger partial charge on any atom is 0.0708 e. The highest BCUT2D eigenvalue weighted by molar-refractivity contribution is 5.94. The zero-order valence-corrected chi connectivity index (χ0v) is 9.88. The molecule has 0 fully saturated rings. The smallest absolute Gasteiger partial charge is 0.0708 e. The van der Waals surface area contributed by atoms with Gasteiger partial charge in [-0.15, -0.1) is 0 Å². The molecule has 0 atom stereocenters. The fraction of sp³-hybridized carbons (Fsp3) is 0. The second kappa shape index (κ2) is 4.41. The molecule has 86 valence electrons. The molecule has 0 spiro atoms. The molecule has 2 heterocycles. The van der Waals surface area contributed by atoms with Gasteiger partial charge in [-0.3, -0.25) is 9.97 Å². The van der Waals surface area contributed by atoms with Gasteiger partial charge in [0.1, 0.15) is 0 Å². The van der Waals surface area contributed by atoms with E-state index in [0.717, 1.165) is 27.7 Å². The minimum Gasteiger partial charge on any atom is -0.256 e. The Bertz CT molecular complexity index is 697. The summed E-state index contributed by atoms with van der Waals surface area (Å²) in [7, 11) is 0. The molecular weight excluding hydrogens is 220 g/mol. The normalized spacial score (nSPS) is 10.4. The number of benzene rings is 1. The van der Waals surface area contributed by atoms with Crippen LogP contribution in [0.2, 0.25) is 0 Å². The van der Waals surface area contributed by atoms with Gasteiger partial charge in [0.2, 0.25) is 0 Å². The van der Waals surface area contributed by atoms with Gasteiger partial charge < -0.3 is 0 Å². The topological polar surface area (TPSA) is 25.8 Å². The third-order valence-corrected chi connectivity index (χ3v) is 2.95. The van der Waals surface area contributed by atoms with Crippen molar-refractivity contribution < 1.29 is 0 Å². The van der Waals surface area contributed by atoms with Crippen molar-refractivity contribution in [1.82, 2.24) is 9.97 Å². The lowest BCUT2D eigenvalue weighted by Gasteiger charge is -2.08. The van der Waals surface area contributed by atoms with Crippen LogP contribution in [0.1, 0.15) is 11.3 Å². The number of para-hydroxylation sites is 1. The fourth-order valence-corrected chi connectivity index (χ4v) is 2.04. The molecule has 0 aliphatic heterocycles. The molecule has 0 saturated heterocycles. The highest BCUT2D eigenvalue weighted by atomic mass is 14.7. The van der Waals surface area contributed by atoms with Gasteiger partial charge in [0.25, 0.3) is 0 Å². The second-order valence-electron chi connectivity index (χ2n) is 4.07. The van der Waals surface area contributed by atoms with Crippen LogP contribution in [-0.2, 0) is 0 Å². The van der Waals surface area contributed by atoms with Crippen molar-refractivity contribution >= 4 is 16.5 Å². The first kappa shape index (κ1) is 10.7. The van der Waals surface area contributed by atoms with Crippen LogP contribution in [0.5, 0.6) is 0 Å². The maximum atomic E-state index is 4.36. The van der Waals surface area contributed by atoms with E-state index in [2.05, 4.69) is 22.6 Å². The van der Waals surface area contributed by atoms with Crippen molar-refractivity contribution in [3.8, 4) is 0 Å². The molecule has 0 N–H and O–H groups in total. The summed E-state index contributed by atoms with van der Waals surface area (Å²) in [5.41, 5.74) is 3.88. The third kappa shape index (κ3) is 1.78. The quantitative estimate of drug-likeness (QED) is 0.673. The van der Waals surface area contributed by atoms with E-state index in [-0.39, 0.29) is 0 Å². The SMILES string of the molecule is C=C(c1ccccn1)c1ccnc2ccccc12. The highest BCUT2D eigenvalue weighted by Crippen LogP contribution is 2.26. The predicted molar refractivity (Wildman–Crippen MR) is 74.1 cm³/mol. The monoisotopic (exact) mass is 232 g/mol. The van der Waals surface area contributed by atoms with Crippen LogP contribution < -0.4 is 0 Å². The highest BCUT2D eigenvalue weighted by Gasteiger charge is 2.07. The van der Waals surface area contributed by atoms with Crippen LogP contribution in [0.3, 0.4) is 0 Å². The van der Waals surface area contributed by atoms with Crippen molar-refractivity contribution in [3.05, 3.63) is 78.8 Å². The Morgan fingerprint density at radius 2 is 1.67 bits per heavy atom. The summed E-state index contributed by atoms with van der Waals surface area (Å²) in [6, 6.07) is 15.9. The molecule has 0 unspecified atom stereocenters. The Morgan fingerprint density at radius 1 is 0.833 bits per heavy atom.